The normalized spacial score (nSPS) is 12.2. The topological polar surface area (TPSA) is 29.1 Å². The Kier molecular flexibility index (Phi) is 11.0. The number of hydrogen-bond acceptors (Lipinski definition) is 1. The van der Waals surface area contributed by atoms with Gasteiger partial charge in [0.2, 0.25) is 5.91 Å². The largest absolute Gasteiger partial charge is 0.348 e. The summed E-state index contributed by atoms with van der Waals surface area (Å²) >= 11 is 0. The van der Waals surface area contributed by atoms with Crippen molar-refractivity contribution in [2.75, 3.05) is 20.6 Å². The van der Waals surface area contributed by atoms with E-state index in [0.29, 0.717) is 6.54 Å². The molecule has 1 N–H and O–H groups in total. The molecule has 0 aliphatic carbocycles. The summed E-state index contributed by atoms with van der Waals surface area (Å²) in [6.45, 7) is 5.99. The number of nitrogens with one attached hydrogen (secondary N) is 1. The minimum atomic E-state index is -0.00604. The summed E-state index contributed by atoms with van der Waals surface area (Å²) in [6, 6.07) is 10.0. The van der Waals surface area contributed by atoms with Gasteiger partial charge in [0, 0.05) is 13.5 Å². The van der Waals surface area contributed by atoms with Gasteiger partial charge < -0.3 is 5.32 Å². The SMILES string of the molecule is CCCCCCCCCC[N+](C)(C)/C(C)=C/C(=O)NCc1ccccc1. The lowest BCUT2D eigenvalue weighted by atomic mass is 10.1. The minimum absolute atomic E-state index is 0.00604. The summed E-state index contributed by atoms with van der Waals surface area (Å²) in [5.41, 5.74) is 2.23. The van der Waals surface area contributed by atoms with Gasteiger partial charge in [-0.05, 0) is 18.4 Å². The molecule has 0 fully saturated rings. The summed E-state index contributed by atoms with van der Waals surface area (Å²) in [7, 11) is 4.38. The first-order chi connectivity index (χ1) is 12.5. The molecule has 3 heteroatoms. The van der Waals surface area contributed by atoms with Gasteiger partial charge in [0.05, 0.1) is 26.7 Å². The molecular weight excluding hydrogens is 320 g/mol. The lowest BCUT2D eigenvalue weighted by Gasteiger charge is -2.30. The Bertz CT molecular complexity index is 534. The van der Waals surface area contributed by atoms with Crippen LogP contribution >= 0.6 is 0 Å². The van der Waals surface area contributed by atoms with Crippen molar-refractivity contribution in [1.29, 1.82) is 0 Å². The van der Waals surface area contributed by atoms with Crippen molar-refractivity contribution in [1.82, 2.24) is 5.32 Å². The van der Waals surface area contributed by atoms with Gasteiger partial charge in [0.15, 0.2) is 0 Å². The summed E-state index contributed by atoms with van der Waals surface area (Å²) in [5, 5.41) is 2.98. The van der Waals surface area contributed by atoms with E-state index in [1.54, 1.807) is 6.08 Å². The van der Waals surface area contributed by atoms with Gasteiger partial charge in [0.25, 0.3) is 0 Å². The number of hydrogen-bond donors (Lipinski definition) is 1. The van der Waals surface area contributed by atoms with Crippen molar-refractivity contribution in [3.8, 4) is 0 Å². The molecular formula is C23H39N2O+. The number of carbonyl (C=O) groups excluding carboxylic acids is 1. The van der Waals surface area contributed by atoms with Crippen LogP contribution in [-0.4, -0.2) is 31.0 Å². The molecule has 1 amide bonds. The van der Waals surface area contributed by atoms with Crippen LogP contribution in [0.3, 0.4) is 0 Å². The quantitative estimate of drug-likeness (QED) is 0.284. The predicted molar refractivity (Wildman–Crippen MR) is 112 cm³/mol. The van der Waals surface area contributed by atoms with Crippen molar-refractivity contribution < 1.29 is 9.28 Å². The first kappa shape index (κ1) is 22.4. The number of rotatable bonds is 13. The number of carbonyl (C=O) groups is 1. The van der Waals surface area contributed by atoms with Gasteiger partial charge in [-0.2, -0.15) is 0 Å². The summed E-state index contributed by atoms with van der Waals surface area (Å²) in [5.74, 6) is -0.00604. The zero-order valence-corrected chi connectivity index (χ0v) is 17.4. The average Bonchev–Trinajstić information content (AvgIpc) is 2.63. The fourth-order valence-corrected chi connectivity index (χ4v) is 3.02. The molecule has 26 heavy (non-hydrogen) atoms. The molecule has 0 radical (unpaired) electrons. The van der Waals surface area contributed by atoms with Crippen molar-refractivity contribution in [3.05, 3.63) is 47.7 Å². The highest BCUT2D eigenvalue weighted by Crippen LogP contribution is 2.14. The Morgan fingerprint density at radius 3 is 2.15 bits per heavy atom. The minimum Gasteiger partial charge on any atom is -0.348 e. The average molecular weight is 360 g/mol. The van der Waals surface area contributed by atoms with Crippen LogP contribution < -0.4 is 5.32 Å². The Morgan fingerprint density at radius 1 is 0.962 bits per heavy atom. The number of quaternary nitrogens is 1. The third-order valence-corrected chi connectivity index (χ3v) is 5.18. The smallest absolute Gasteiger partial charge is 0.249 e. The van der Waals surface area contributed by atoms with E-state index in [-0.39, 0.29) is 5.91 Å². The molecule has 0 unspecified atom stereocenters. The number of unbranched alkanes of at least 4 members (excludes halogenated alkanes) is 7. The zero-order chi connectivity index (χ0) is 19.3. The molecule has 0 saturated carbocycles. The van der Waals surface area contributed by atoms with E-state index in [1.807, 2.05) is 30.3 Å². The molecule has 1 aromatic carbocycles. The van der Waals surface area contributed by atoms with Gasteiger partial charge >= 0.3 is 0 Å². The molecule has 146 valence electrons. The van der Waals surface area contributed by atoms with E-state index in [2.05, 4.69) is 33.3 Å². The van der Waals surface area contributed by atoms with Crippen LogP contribution in [-0.2, 0) is 11.3 Å². The number of amides is 1. The Labute approximate surface area is 161 Å². The van der Waals surface area contributed by atoms with E-state index in [0.717, 1.165) is 22.3 Å². The van der Waals surface area contributed by atoms with Crippen molar-refractivity contribution in [2.24, 2.45) is 0 Å². The maximum absolute atomic E-state index is 12.2. The fourth-order valence-electron chi connectivity index (χ4n) is 3.02. The molecule has 0 saturated heterocycles. The van der Waals surface area contributed by atoms with E-state index in [4.69, 9.17) is 0 Å². The van der Waals surface area contributed by atoms with Gasteiger partial charge in [-0.25, -0.2) is 0 Å². The van der Waals surface area contributed by atoms with Crippen LogP contribution in [0.1, 0.15) is 70.8 Å². The third kappa shape index (κ3) is 9.76. The van der Waals surface area contributed by atoms with Crippen molar-refractivity contribution in [3.63, 3.8) is 0 Å². The van der Waals surface area contributed by atoms with Crippen molar-refractivity contribution >= 4 is 5.91 Å². The molecule has 0 aromatic heterocycles. The second kappa shape index (κ2) is 12.7. The Balaban J connectivity index is 2.27. The highest BCUT2D eigenvalue weighted by atomic mass is 16.1. The summed E-state index contributed by atoms with van der Waals surface area (Å²) in [4.78, 5) is 12.2. The predicted octanol–water partition coefficient (Wildman–Crippen LogP) is 5.42. The van der Waals surface area contributed by atoms with Crippen LogP contribution in [0, 0.1) is 0 Å². The van der Waals surface area contributed by atoms with Gasteiger partial charge in [-0.1, -0.05) is 75.8 Å². The third-order valence-electron chi connectivity index (χ3n) is 5.18. The van der Waals surface area contributed by atoms with Gasteiger partial charge in [-0.15, -0.1) is 0 Å². The Morgan fingerprint density at radius 2 is 1.54 bits per heavy atom. The standard InChI is InChI=1S/C23H38N2O/c1-5-6-7-8-9-10-11-15-18-25(3,4)21(2)19-23(26)24-20-22-16-13-12-14-17-22/h12-14,16-17,19H,5-11,15,18,20H2,1-4H3/p+1/b21-19+. The maximum Gasteiger partial charge on any atom is 0.249 e. The summed E-state index contributed by atoms with van der Waals surface area (Å²) < 4.78 is 0.786. The molecule has 0 aliphatic rings. The monoisotopic (exact) mass is 359 g/mol. The highest BCUT2D eigenvalue weighted by Gasteiger charge is 2.18. The first-order valence-corrected chi connectivity index (χ1v) is 10.3. The molecule has 0 aliphatic heterocycles. The van der Waals surface area contributed by atoms with Crippen LogP contribution in [0.4, 0.5) is 0 Å². The molecule has 1 aromatic rings. The second-order valence-corrected chi connectivity index (χ2v) is 7.87. The second-order valence-electron chi connectivity index (χ2n) is 7.87. The van der Waals surface area contributed by atoms with Crippen molar-refractivity contribution in [2.45, 2.75) is 71.8 Å². The number of nitrogens with zero attached hydrogens (tertiary/aromatic N) is 1. The zero-order valence-electron chi connectivity index (χ0n) is 17.4. The highest BCUT2D eigenvalue weighted by molar-refractivity contribution is 5.87. The summed E-state index contributed by atoms with van der Waals surface area (Å²) in [6.07, 6.45) is 12.4. The molecule has 0 bridgehead atoms. The lowest BCUT2D eigenvalue weighted by molar-refractivity contribution is -0.852. The first-order valence-electron chi connectivity index (χ1n) is 10.3. The van der Waals surface area contributed by atoms with Gasteiger partial charge in [-0.3, -0.25) is 9.28 Å². The number of allylic oxidation sites excluding steroid dienone is 1. The van der Waals surface area contributed by atoms with E-state index in [1.165, 1.54) is 51.4 Å². The van der Waals surface area contributed by atoms with Crippen LogP contribution in [0.25, 0.3) is 0 Å². The van der Waals surface area contributed by atoms with Crippen LogP contribution in [0.5, 0.6) is 0 Å². The molecule has 1 rings (SSSR count). The maximum atomic E-state index is 12.2. The Hall–Kier alpha value is -1.61. The van der Waals surface area contributed by atoms with Crippen LogP contribution in [0.15, 0.2) is 42.1 Å². The molecule has 0 atom stereocenters. The van der Waals surface area contributed by atoms with Crippen LogP contribution in [0.2, 0.25) is 0 Å². The van der Waals surface area contributed by atoms with E-state index in [9.17, 15) is 4.79 Å². The molecule has 0 spiro atoms. The molecule has 0 heterocycles. The lowest BCUT2D eigenvalue weighted by Crippen LogP contribution is -2.39. The van der Waals surface area contributed by atoms with Gasteiger partial charge in [0.1, 0.15) is 5.70 Å². The molecule has 3 nitrogen and oxygen atoms in total. The number of benzene rings is 1. The van der Waals surface area contributed by atoms with E-state index >= 15 is 0 Å². The van der Waals surface area contributed by atoms with E-state index < -0.39 is 0 Å². The fraction of sp³-hybridized carbons (Fsp3) is 0.609.